The van der Waals surface area contributed by atoms with E-state index in [1.807, 2.05) is 48.5 Å². The predicted octanol–water partition coefficient (Wildman–Crippen LogP) is 6.19. The van der Waals surface area contributed by atoms with Crippen LogP contribution in [0.5, 0.6) is 0 Å². The number of nitrogens with zero attached hydrogens (tertiary/aromatic N) is 3. The molecular weight excluding hydrogens is 410 g/mol. The van der Waals surface area contributed by atoms with Gasteiger partial charge in [-0.1, -0.05) is 97.1 Å². The van der Waals surface area contributed by atoms with Crippen molar-refractivity contribution < 1.29 is 4.92 Å². The fourth-order valence-electron chi connectivity index (χ4n) is 4.84. The minimum atomic E-state index is -0.355. The van der Waals surface area contributed by atoms with E-state index in [4.69, 9.17) is 4.99 Å². The third kappa shape index (κ3) is 3.43. The van der Waals surface area contributed by atoms with Crippen LogP contribution >= 0.6 is 0 Å². The van der Waals surface area contributed by atoms with Crippen molar-refractivity contribution in [3.63, 3.8) is 0 Å². The number of hydrogen-bond donors (Lipinski definition) is 0. The SMILES string of the molecule is O=[N+]([O-])c1ccc([C@@H]2[C@H]3C(c4ccccc4)=N[C@H](c4ccc(-c5ccccc5)cc4)N32)cc1. The van der Waals surface area contributed by atoms with Gasteiger partial charge in [-0.25, -0.2) is 0 Å². The summed E-state index contributed by atoms with van der Waals surface area (Å²) in [7, 11) is 0. The van der Waals surface area contributed by atoms with Crippen LogP contribution in [-0.4, -0.2) is 21.6 Å². The van der Waals surface area contributed by atoms with Crippen molar-refractivity contribution in [2.24, 2.45) is 4.99 Å². The van der Waals surface area contributed by atoms with Gasteiger partial charge in [-0.05, 0) is 27.8 Å². The van der Waals surface area contributed by atoms with E-state index in [1.165, 1.54) is 11.1 Å². The number of benzene rings is 4. The van der Waals surface area contributed by atoms with Gasteiger partial charge >= 0.3 is 0 Å². The molecule has 4 aromatic carbocycles. The summed E-state index contributed by atoms with van der Waals surface area (Å²) in [5, 5.41) is 11.1. The van der Waals surface area contributed by atoms with E-state index in [0.717, 1.165) is 22.4 Å². The number of hydrogen-bond acceptors (Lipinski definition) is 4. The van der Waals surface area contributed by atoms with Crippen LogP contribution in [0.25, 0.3) is 11.1 Å². The molecule has 2 aliphatic rings. The summed E-state index contributed by atoms with van der Waals surface area (Å²) in [6, 6.07) is 36.5. The van der Waals surface area contributed by atoms with Crippen LogP contribution in [0.2, 0.25) is 0 Å². The Balaban J connectivity index is 1.35. The molecule has 4 aromatic rings. The Morgan fingerprint density at radius 2 is 1.18 bits per heavy atom. The second-order valence-corrected chi connectivity index (χ2v) is 8.43. The molecule has 2 heterocycles. The van der Waals surface area contributed by atoms with Crippen LogP contribution in [0, 0.1) is 10.1 Å². The Bertz CT molecular complexity index is 1330. The van der Waals surface area contributed by atoms with Crippen LogP contribution in [0.4, 0.5) is 5.69 Å². The molecule has 33 heavy (non-hydrogen) atoms. The molecule has 1 fully saturated rings. The zero-order valence-electron chi connectivity index (χ0n) is 17.8. The van der Waals surface area contributed by atoms with Crippen molar-refractivity contribution in [1.29, 1.82) is 0 Å². The molecule has 1 unspecified atom stereocenters. The van der Waals surface area contributed by atoms with E-state index >= 15 is 0 Å². The van der Waals surface area contributed by atoms with E-state index in [9.17, 15) is 10.1 Å². The maximum absolute atomic E-state index is 11.1. The summed E-state index contributed by atoms with van der Waals surface area (Å²) < 4.78 is 0. The molecule has 0 amide bonds. The van der Waals surface area contributed by atoms with Crippen LogP contribution in [0.15, 0.2) is 114 Å². The molecule has 0 N–H and O–H groups in total. The summed E-state index contributed by atoms with van der Waals surface area (Å²) >= 11 is 0. The zero-order valence-corrected chi connectivity index (χ0v) is 17.8. The molecule has 0 aliphatic carbocycles. The lowest BCUT2D eigenvalue weighted by Gasteiger charge is -2.15. The van der Waals surface area contributed by atoms with Gasteiger partial charge in [-0.3, -0.25) is 20.0 Å². The fraction of sp³-hybridized carbons (Fsp3) is 0.107. The number of non-ortho nitro benzene ring substituents is 1. The minimum Gasteiger partial charge on any atom is -0.263 e. The molecule has 4 atom stereocenters. The summed E-state index contributed by atoms with van der Waals surface area (Å²) in [6.07, 6.45) is -0.0739. The predicted molar refractivity (Wildman–Crippen MR) is 129 cm³/mol. The average Bonchev–Trinajstić information content (AvgIpc) is 3.48. The highest BCUT2D eigenvalue weighted by Gasteiger charge is 2.59. The first kappa shape index (κ1) is 19.6. The number of fused-ring (bicyclic) bond motifs is 1. The van der Waals surface area contributed by atoms with Crippen molar-refractivity contribution in [3.8, 4) is 11.1 Å². The molecule has 0 aromatic heterocycles. The maximum Gasteiger partial charge on any atom is 0.269 e. The fourth-order valence-corrected chi connectivity index (χ4v) is 4.84. The highest BCUT2D eigenvalue weighted by Crippen LogP contribution is 2.55. The third-order valence-corrected chi connectivity index (χ3v) is 6.51. The largest absolute Gasteiger partial charge is 0.269 e. The topological polar surface area (TPSA) is 58.5 Å². The van der Waals surface area contributed by atoms with Gasteiger partial charge < -0.3 is 0 Å². The third-order valence-electron chi connectivity index (χ3n) is 6.51. The number of nitro groups is 1. The maximum atomic E-state index is 11.1. The summed E-state index contributed by atoms with van der Waals surface area (Å²) in [6.45, 7) is 0. The zero-order chi connectivity index (χ0) is 22.4. The van der Waals surface area contributed by atoms with Gasteiger partial charge in [0.05, 0.1) is 22.7 Å². The lowest BCUT2D eigenvalue weighted by Crippen LogP contribution is -2.08. The van der Waals surface area contributed by atoms with E-state index in [1.54, 1.807) is 12.1 Å². The molecular formula is C28H21N3O2. The molecule has 2 aliphatic heterocycles. The Morgan fingerprint density at radius 3 is 1.79 bits per heavy atom. The number of aliphatic imine (C=N–C) groups is 1. The molecule has 0 radical (unpaired) electrons. The van der Waals surface area contributed by atoms with E-state index in [0.29, 0.717) is 0 Å². The molecule has 0 bridgehead atoms. The van der Waals surface area contributed by atoms with Crippen LogP contribution in [0.1, 0.15) is 28.9 Å². The average molecular weight is 431 g/mol. The van der Waals surface area contributed by atoms with Gasteiger partial charge in [-0.15, -0.1) is 0 Å². The van der Waals surface area contributed by atoms with Gasteiger partial charge in [-0.2, -0.15) is 0 Å². The van der Waals surface area contributed by atoms with Gasteiger partial charge in [0.1, 0.15) is 6.17 Å². The van der Waals surface area contributed by atoms with E-state index < -0.39 is 0 Å². The molecule has 1 saturated heterocycles. The van der Waals surface area contributed by atoms with Crippen molar-refractivity contribution in [2.75, 3.05) is 0 Å². The number of nitro benzene ring substituents is 1. The summed E-state index contributed by atoms with van der Waals surface area (Å²) in [5.74, 6) is 0. The first-order chi connectivity index (χ1) is 16.2. The second-order valence-electron chi connectivity index (χ2n) is 8.43. The van der Waals surface area contributed by atoms with Gasteiger partial charge in [0.25, 0.3) is 5.69 Å². The number of rotatable bonds is 5. The standard InChI is InChI=1S/C28H21N3O2/c32-31(33)24-17-15-22(16-18-24)26-27-25(21-9-5-2-6-10-21)29-28(30(26)27)23-13-11-20(12-14-23)19-7-3-1-4-8-19/h1-18,26-28H/t26-,27-,28+,30?/m1/s1. The second kappa shape index (κ2) is 7.80. The lowest BCUT2D eigenvalue weighted by atomic mass is 10.0. The Morgan fingerprint density at radius 1 is 0.636 bits per heavy atom. The molecule has 5 heteroatoms. The van der Waals surface area contributed by atoms with Crippen molar-refractivity contribution in [1.82, 2.24) is 4.90 Å². The first-order valence-electron chi connectivity index (χ1n) is 11.0. The highest BCUT2D eigenvalue weighted by molar-refractivity contribution is 6.08. The summed E-state index contributed by atoms with van der Waals surface area (Å²) in [4.78, 5) is 18.2. The van der Waals surface area contributed by atoms with Gasteiger partial charge in [0.15, 0.2) is 0 Å². The van der Waals surface area contributed by atoms with Gasteiger partial charge in [0, 0.05) is 12.1 Å². The molecule has 0 saturated carbocycles. The highest BCUT2D eigenvalue weighted by atomic mass is 16.6. The summed E-state index contributed by atoms with van der Waals surface area (Å²) in [5.41, 5.74) is 6.92. The normalized spacial score (nSPS) is 23.0. The molecule has 5 nitrogen and oxygen atoms in total. The van der Waals surface area contributed by atoms with Crippen molar-refractivity contribution in [2.45, 2.75) is 18.2 Å². The van der Waals surface area contributed by atoms with Crippen molar-refractivity contribution >= 4 is 11.4 Å². The monoisotopic (exact) mass is 431 g/mol. The smallest absolute Gasteiger partial charge is 0.263 e. The van der Waals surface area contributed by atoms with E-state index in [2.05, 4.69) is 53.4 Å². The van der Waals surface area contributed by atoms with Gasteiger partial charge in [0.2, 0.25) is 0 Å². The van der Waals surface area contributed by atoms with E-state index in [-0.39, 0.29) is 28.9 Å². The Kier molecular flexibility index (Phi) is 4.63. The van der Waals surface area contributed by atoms with Crippen LogP contribution in [0.3, 0.4) is 0 Å². The van der Waals surface area contributed by atoms with Crippen LogP contribution < -0.4 is 0 Å². The molecule has 6 rings (SSSR count). The Labute approximate surface area is 191 Å². The van der Waals surface area contributed by atoms with Crippen LogP contribution in [-0.2, 0) is 0 Å². The molecule has 160 valence electrons. The Hall–Kier alpha value is -4.09. The minimum absolute atomic E-state index is 0.0739. The lowest BCUT2D eigenvalue weighted by molar-refractivity contribution is -0.384. The first-order valence-corrected chi connectivity index (χ1v) is 11.0. The van der Waals surface area contributed by atoms with Crippen molar-refractivity contribution in [3.05, 3.63) is 136 Å². The quantitative estimate of drug-likeness (QED) is 0.215. The molecule has 0 spiro atoms.